The van der Waals surface area contributed by atoms with Crippen molar-refractivity contribution in [3.63, 3.8) is 0 Å². The molecule has 0 spiro atoms. The number of sulfonamides is 1. The molecular weight excluding hydrogens is 351 g/mol. The second kappa shape index (κ2) is 6.41. The van der Waals surface area contributed by atoms with Crippen molar-refractivity contribution < 1.29 is 21.6 Å². The summed E-state index contributed by atoms with van der Waals surface area (Å²) in [4.78, 5) is -0.500. The van der Waals surface area contributed by atoms with Crippen LogP contribution in [-0.4, -0.2) is 8.42 Å². The fourth-order valence-electron chi connectivity index (χ4n) is 2.02. The Morgan fingerprint density at radius 1 is 1.13 bits per heavy atom. The molecule has 0 amide bonds. The van der Waals surface area contributed by atoms with Gasteiger partial charge in [-0.3, -0.25) is 4.72 Å². The van der Waals surface area contributed by atoms with E-state index in [0.29, 0.717) is 18.2 Å². The molecule has 8 heteroatoms. The van der Waals surface area contributed by atoms with Crippen LogP contribution in [0.25, 0.3) is 0 Å². The number of hydrogen-bond acceptors (Lipinski definition) is 2. The number of hydrogen-bond donors (Lipinski definition) is 1. The van der Waals surface area contributed by atoms with Crippen molar-refractivity contribution in [2.24, 2.45) is 0 Å². The highest BCUT2D eigenvalue weighted by Crippen LogP contribution is 2.36. The molecule has 124 valence electrons. The average Bonchev–Trinajstić information content (AvgIpc) is 2.46. The molecule has 2 rings (SSSR count). The predicted molar refractivity (Wildman–Crippen MR) is 83.1 cm³/mol. The first-order valence-corrected chi connectivity index (χ1v) is 8.48. The lowest BCUT2D eigenvalue weighted by Gasteiger charge is -2.14. The Hall–Kier alpha value is -1.73. The van der Waals surface area contributed by atoms with Gasteiger partial charge in [-0.05, 0) is 36.2 Å². The summed E-state index contributed by atoms with van der Waals surface area (Å²) >= 11 is 5.50. The molecule has 3 nitrogen and oxygen atoms in total. The molecule has 0 aliphatic rings. The molecular formula is C15H13ClF3NO2S. The largest absolute Gasteiger partial charge is 0.417 e. The van der Waals surface area contributed by atoms with Gasteiger partial charge in [0.25, 0.3) is 10.0 Å². The third-order valence-corrected chi connectivity index (χ3v) is 4.89. The van der Waals surface area contributed by atoms with Crippen LogP contribution in [-0.2, 0) is 22.6 Å². The number of rotatable bonds is 4. The van der Waals surface area contributed by atoms with E-state index < -0.39 is 31.7 Å². The van der Waals surface area contributed by atoms with Gasteiger partial charge in [0.2, 0.25) is 0 Å². The fraction of sp³-hybridized carbons (Fsp3) is 0.200. The molecule has 0 heterocycles. The minimum Gasteiger partial charge on any atom is -0.279 e. The van der Waals surface area contributed by atoms with Crippen molar-refractivity contribution >= 4 is 27.3 Å². The zero-order valence-corrected chi connectivity index (χ0v) is 13.6. The van der Waals surface area contributed by atoms with Gasteiger partial charge in [-0.15, -0.1) is 0 Å². The predicted octanol–water partition coefficient (Wildman–Crippen LogP) is 4.72. The molecule has 0 aliphatic carbocycles. The maximum Gasteiger partial charge on any atom is 0.417 e. The first-order valence-electron chi connectivity index (χ1n) is 6.62. The molecule has 0 bridgehead atoms. The van der Waals surface area contributed by atoms with Gasteiger partial charge >= 0.3 is 6.18 Å². The highest BCUT2D eigenvalue weighted by molar-refractivity contribution is 7.92. The second-order valence-electron chi connectivity index (χ2n) is 4.76. The maximum atomic E-state index is 12.9. The number of para-hydroxylation sites is 1. The Morgan fingerprint density at radius 2 is 1.78 bits per heavy atom. The van der Waals surface area contributed by atoms with Crippen LogP contribution in [0.1, 0.15) is 18.1 Å². The second-order valence-corrected chi connectivity index (χ2v) is 6.85. The summed E-state index contributed by atoms with van der Waals surface area (Å²) in [7, 11) is -4.15. The topological polar surface area (TPSA) is 46.2 Å². The zero-order chi connectivity index (χ0) is 17.3. The summed E-state index contributed by atoms with van der Waals surface area (Å²) in [5, 5.41) is -0.551. The molecule has 0 aliphatic heterocycles. The number of benzene rings is 2. The van der Waals surface area contributed by atoms with E-state index in [0.717, 1.165) is 17.7 Å². The Balaban J connectivity index is 2.45. The lowest BCUT2D eigenvalue weighted by Crippen LogP contribution is -2.16. The minimum absolute atomic E-state index is 0.332. The van der Waals surface area contributed by atoms with E-state index in [1.54, 1.807) is 24.3 Å². The van der Waals surface area contributed by atoms with E-state index in [9.17, 15) is 21.6 Å². The van der Waals surface area contributed by atoms with Crippen molar-refractivity contribution in [2.45, 2.75) is 24.4 Å². The Kier molecular flexibility index (Phi) is 4.91. The van der Waals surface area contributed by atoms with Crippen molar-refractivity contribution in [1.82, 2.24) is 0 Å². The molecule has 2 aromatic rings. The highest BCUT2D eigenvalue weighted by atomic mass is 35.5. The normalized spacial score (nSPS) is 12.2. The molecule has 0 fully saturated rings. The van der Waals surface area contributed by atoms with Crippen molar-refractivity contribution in [2.75, 3.05) is 4.72 Å². The number of alkyl halides is 3. The standard InChI is InChI=1S/C15H13ClF3NO2S/c1-2-10-5-3-4-6-14(10)20-23(21,22)11-7-8-13(16)12(9-11)15(17,18)19/h3-9,20H,2H2,1H3. The third-order valence-electron chi connectivity index (χ3n) is 3.20. The summed E-state index contributed by atoms with van der Waals surface area (Å²) in [6, 6.07) is 9.16. The van der Waals surface area contributed by atoms with Gasteiger partial charge in [0.05, 0.1) is 21.2 Å². The van der Waals surface area contributed by atoms with E-state index in [-0.39, 0.29) is 0 Å². The molecule has 0 radical (unpaired) electrons. The molecule has 0 unspecified atom stereocenters. The SMILES string of the molecule is CCc1ccccc1NS(=O)(=O)c1ccc(Cl)c(C(F)(F)F)c1. The van der Waals surface area contributed by atoms with Crippen LogP contribution in [0, 0.1) is 0 Å². The van der Waals surface area contributed by atoms with Crippen LogP contribution in [0.3, 0.4) is 0 Å². The van der Waals surface area contributed by atoms with Crippen molar-refractivity contribution in [3.8, 4) is 0 Å². The number of nitrogens with one attached hydrogen (secondary N) is 1. The van der Waals surface area contributed by atoms with Gasteiger partial charge in [0.15, 0.2) is 0 Å². The summed E-state index contributed by atoms with van der Waals surface area (Å²) < 4.78 is 65.6. The van der Waals surface area contributed by atoms with Gasteiger partial charge < -0.3 is 0 Å². The van der Waals surface area contributed by atoms with Gasteiger partial charge in [-0.25, -0.2) is 8.42 Å². The lowest BCUT2D eigenvalue weighted by molar-refractivity contribution is -0.137. The van der Waals surface area contributed by atoms with Gasteiger partial charge in [0, 0.05) is 0 Å². The smallest absolute Gasteiger partial charge is 0.279 e. The monoisotopic (exact) mass is 363 g/mol. The summed E-state index contributed by atoms with van der Waals surface area (Å²) in [6.07, 6.45) is -4.16. The quantitative estimate of drug-likeness (QED) is 0.854. The van der Waals surface area contributed by atoms with Crippen LogP contribution in [0.5, 0.6) is 0 Å². The zero-order valence-electron chi connectivity index (χ0n) is 12.0. The summed E-state index contributed by atoms with van der Waals surface area (Å²) in [5.74, 6) is 0. The fourth-order valence-corrected chi connectivity index (χ4v) is 3.37. The van der Waals surface area contributed by atoms with Crippen LogP contribution in [0.2, 0.25) is 5.02 Å². The third kappa shape index (κ3) is 3.97. The molecule has 23 heavy (non-hydrogen) atoms. The molecule has 1 N–H and O–H groups in total. The first kappa shape index (κ1) is 17.6. The molecule has 0 saturated heterocycles. The molecule has 2 aromatic carbocycles. The number of aryl methyl sites for hydroxylation is 1. The Labute approximate surface area is 137 Å². The van der Waals surface area contributed by atoms with Gasteiger partial charge in [-0.1, -0.05) is 36.7 Å². The van der Waals surface area contributed by atoms with Crippen LogP contribution in [0.4, 0.5) is 18.9 Å². The average molecular weight is 364 g/mol. The van der Waals surface area contributed by atoms with Crippen LogP contribution in [0.15, 0.2) is 47.4 Å². The Morgan fingerprint density at radius 3 is 2.39 bits per heavy atom. The molecule has 0 saturated carbocycles. The van der Waals surface area contributed by atoms with E-state index in [1.807, 2.05) is 6.92 Å². The van der Waals surface area contributed by atoms with Crippen molar-refractivity contribution in [1.29, 1.82) is 0 Å². The molecule has 0 atom stereocenters. The number of halogens is 4. The van der Waals surface area contributed by atoms with Crippen molar-refractivity contribution in [3.05, 3.63) is 58.6 Å². The van der Waals surface area contributed by atoms with Crippen LogP contribution >= 0.6 is 11.6 Å². The highest BCUT2D eigenvalue weighted by Gasteiger charge is 2.34. The lowest BCUT2D eigenvalue weighted by atomic mass is 10.1. The first-order chi connectivity index (χ1) is 10.6. The summed E-state index contributed by atoms with van der Waals surface area (Å²) in [6.45, 7) is 1.84. The van der Waals surface area contributed by atoms with Gasteiger partial charge in [-0.2, -0.15) is 13.2 Å². The minimum atomic E-state index is -4.73. The number of anilines is 1. The molecule has 0 aromatic heterocycles. The maximum absolute atomic E-state index is 12.9. The summed E-state index contributed by atoms with van der Waals surface area (Å²) in [5.41, 5.74) is -0.120. The van der Waals surface area contributed by atoms with Crippen LogP contribution < -0.4 is 4.72 Å². The van der Waals surface area contributed by atoms with E-state index in [2.05, 4.69) is 4.72 Å². The van der Waals surface area contributed by atoms with Gasteiger partial charge in [0.1, 0.15) is 0 Å². The van der Waals surface area contributed by atoms with E-state index >= 15 is 0 Å². The van der Waals surface area contributed by atoms with E-state index in [4.69, 9.17) is 11.6 Å². The Bertz CT molecular complexity index is 820. The van der Waals surface area contributed by atoms with E-state index in [1.165, 1.54) is 0 Å².